The van der Waals surface area contributed by atoms with Crippen LogP contribution in [-0.4, -0.2) is 64.3 Å². The third-order valence-electron chi connectivity index (χ3n) is 5.09. The van der Waals surface area contributed by atoms with E-state index in [1.165, 1.54) is 42.6 Å². The Morgan fingerprint density at radius 1 is 1.15 bits per heavy atom. The summed E-state index contributed by atoms with van der Waals surface area (Å²) in [4.78, 5) is 6.86. The first-order valence-corrected chi connectivity index (χ1v) is 9.83. The molecule has 2 N–H and O–H groups in total. The Labute approximate surface area is 159 Å². The van der Waals surface area contributed by atoms with Gasteiger partial charge in [0.25, 0.3) is 0 Å². The van der Waals surface area contributed by atoms with Gasteiger partial charge in [-0.15, -0.1) is 0 Å². The van der Waals surface area contributed by atoms with Gasteiger partial charge in [-0.3, -0.25) is 4.99 Å². The highest BCUT2D eigenvalue weighted by Crippen LogP contribution is 2.16. The lowest BCUT2D eigenvalue weighted by molar-refractivity contribution is 0.121. The molecule has 0 spiro atoms. The summed E-state index contributed by atoms with van der Waals surface area (Å²) in [5, 5.41) is 6.95. The van der Waals surface area contributed by atoms with Crippen LogP contribution in [0, 0.1) is 19.8 Å². The summed E-state index contributed by atoms with van der Waals surface area (Å²) in [7, 11) is 3.62. The summed E-state index contributed by atoms with van der Waals surface area (Å²) in [6.45, 7) is 10.5. The van der Waals surface area contributed by atoms with Crippen molar-refractivity contribution < 1.29 is 4.74 Å². The predicted octanol–water partition coefficient (Wildman–Crippen LogP) is 2.37. The van der Waals surface area contributed by atoms with E-state index in [2.05, 4.69) is 52.6 Å². The van der Waals surface area contributed by atoms with E-state index >= 15 is 0 Å². The molecular formula is C21H36N4O. The van der Waals surface area contributed by atoms with Gasteiger partial charge < -0.3 is 20.3 Å². The van der Waals surface area contributed by atoms with Gasteiger partial charge in [-0.1, -0.05) is 29.3 Å². The van der Waals surface area contributed by atoms with Crippen molar-refractivity contribution in [2.75, 3.05) is 53.5 Å². The summed E-state index contributed by atoms with van der Waals surface area (Å²) in [5.41, 5.74) is 4.05. The molecule has 1 fully saturated rings. The second-order valence-electron chi connectivity index (χ2n) is 7.40. The van der Waals surface area contributed by atoms with Gasteiger partial charge in [0.05, 0.1) is 6.61 Å². The lowest BCUT2D eigenvalue weighted by Gasteiger charge is -2.32. The van der Waals surface area contributed by atoms with Crippen molar-refractivity contribution in [1.82, 2.24) is 15.5 Å². The fourth-order valence-electron chi connectivity index (χ4n) is 3.63. The number of methoxy groups -OCH3 is 1. The van der Waals surface area contributed by atoms with Crippen molar-refractivity contribution in [3.8, 4) is 0 Å². The lowest BCUT2D eigenvalue weighted by atomic mass is 9.97. The number of guanidine groups is 1. The van der Waals surface area contributed by atoms with E-state index in [0.29, 0.717) is 0 Å². The van der Waals surface area contributed by atoms with Crippen LogP contribution < -0.4 is 10.6 Å². The van der Waals surface area contributed by atoms with Crippen LogP contribution in [0.15, 0.2) is 23.2 Å². The number of likely N-dealkylation sites (tertiary alicyclic amines) is 1. The monoisotopic (exact) mass is 360 g/mol. The standard InChI is InChI=1S/C21H36N4O/c1-17-13-18(2)15-20(14-17)5-8-23-21(22-3)24-16-19-6-9-25(10-7-19)11-12-26-4/h13-15,19H,5-12,16H2,1-4H3,(H2,22,23,24). The molecule has 5 nitrogen and oxygen atoms in total. The van der Waals surface area contributed by atoms with Crippen LogP contribution in [0.3, 0.4) is 0 Å². The Morgan fingerprint density at radius 2 is 1.85 bits per heavy atom. The first kappa shape index (κ1) is 20.7. The first-order chi connectivity index (χ1) is 12.6. The van der Waals surface area contributed by atoms with Crippen molar-refractivity contribution in [2.24, 2.45) is 10.9 Å². The van der Waals surface area contributed by atoms with Gasteiger partial charge in [0.2, 0.25) is 0 Å². The zero-order chi connectivity index (χ0) is 18.8. The normalized spacial score (nSPS) is 16.7. The Hall–Kier alpha value is -1.59. The Balaban J connectivity index is 1.65. The van der Waals surface area contributed by atoms with Gasteiger partial charge in [0.1, 0.15) is 0 Å². The second-order valence-corrected chi connectivity index (χ2v) is 7.40. The summed E-state index contributed by atoms with van der Waals surface area (Å²) in [5.74, 6) is 1.64. The van der Waals surface area contributed by atoms with Gasteiger partial charge in [-0.25, -0.2) is 0 Å². The van der Waals surface area contributed by atoms with Crippen LogP contribution in [0.2, 0.25) is 0 Å². The molecule has 1 aromatic carbocycles. The zero-order valence-electron chi connectivity index (χ0n) is 17.0. The van der Waals surface area contributed by atoms with E-state index in [1.54, 1.807) is 7.11 Å². The summed E-state index contributed by atoms with van der Waals surface area (Å²) >= 11 is 0. The number of rotatable bonds is 8. The third kappa shape index (κ3) is 7.34. The quantitative estimate of drug-likeness (QED) is 0.552. The highest BCUT2D eigenvalue weighted by Gasteiger charge is 2.18. The number of piperidine rings is 1. The van der Waals surface area contributed by atoms with Crippen molar-refractivity contribution in [1.29, 1.82) is 0 Å². The number of aliphatic imine (C=N–C) groups is 1. The molecule has 5 heteroatoms. The van der Waals surface area contributed by atoms with E-state index in [4.69, 9.17) is 4.74 Å². The van der Waals surface area contributed by atoms with Crippen molar-refractivity contribution in [2.45, 2.75) is 33.1 Å². The molecule has 146 valence electrons. The molecule has 0 amide bonds. The maximum Gasteiger partial charge on any atom is 0.190 e. The number of benzene rings is 1. The number of hydrogen-bond acceptors (Lipinski definition) is 3. The largest absolute Gasteiger partial charge is 0.383 e. The van der Waals surface area contributed by atoms with Crippen LogP contribution >= 0.6 is 0 Å². The molecule has 2 rings (SSSR count). The fourth-order valence-corrected chi connectivity index (χ4v) is 3.63. The Morgan fingerprint density at radius 3 is 2.46 bits per heavy atom. The fraction of sp³-hybridized carbons (Fsp3) is 0.667. The van der Waals surface area contributed by atoms with E-state index in [-0.39, 0.29) is 0 Å². The molecule has 0 bridgehead atoms. The van der Waals surface area contributed by atoms with Gasteiger partial charge in [0.15, 0.2) is 5.96 Å². The minimum Gasteiger partial charge on any atom is -0.383 e. The minimum absolute atomic E-state index is 0.728. The van der Waals surface area contributed by atoms with Gasteiger partial charge in [-0.05, 0) is 57.7 Å². The number of nitrogens with zero attached hydrogens (tertiary/aromatic N) is 2. The maximum absolute atomic E-state index is 5.17. The number of hydrogen-bond donors (Lipinski definition) is 2. The number of nitrogens with one attached hydrogen (secondary N) is 2. The highest BCUT2D eigenvalue weighted by atomic mass is 16.5. The van der Waals surface area contributed by atoms with Crippen LogP contribution in [-0.2, 0) is 11.2 Å². The van der Waals surface area contributed by atoms with E-state index < -0.39 is 0 Å². The van der Waals surface area contributed by atoms with E-state index in [1.807, 2.05) is 7.05 Å². The average molecular weight is 361 g/mol. The Bertz CT molecular complexity index is 545. The van der Waals surface area contributed by atoms with Gasteiger partial charge >= 0.3 is 0 Å². The van der Waals surface area contributed by atoms with Crippen LogP contribution in [0.4, 0.5) is 0 Å². The third-order valence-corrected chi connectivity index (χ3v) is 5.09. The van der Waals surface area contributed by atoms with Crippen LogP contribution in [0.25, 0.3) is 0 Å². The number of ether oxygens (including phenoxy) is 1. The van der Waals surface area contributed by atoms with E-state index in [9.17, 15) is 0 Å². The van der Waals surface area contributed by atoms with Crippen LogP contribution in [0.5, 0.6) is 0 Å². The number of aryl methyl sites for hydroxylation is 2. The molecule has 0 saturated carbocycles. The molecule has 0 aliphatic carbocycles. The molecule has 26 heavy (non-hydrogen) atoms. The highest BCUT2D eigenvalue weighted by molar-refractivity contribution is 5.79. The molecule has 0 atom stereocenters. The maximum atomic E-state index is 5.17. The molecule has 0 unspecified atom stereocenters. The lowest BCUT2D eigenvalue weighted by Crippen LogP contribution is -2.43. The van der Waals surface area contributed by atoms with Crippen molar-refractivity contribution in [3.05, 3.63) is 34.9 Å². The Kier molecular flexibility index (Phi) is 8.92. The molecule has 1 aliphatic heterocycles. The average Bonchev–Trinajstić information content (AvgIpc) is 2.63. The van der Waals surface area contributed by atoms with Gasteiger partial charge in [-0.2, -0.15) is 0 Å². The van der Waals surface area contributed by atoms with E-state index in [0.717, 1.165) is 44.5 Å². The van der Waals surface area contributed by atoms with Crippen LogP contribution in [0.1, 0.15) is 29.5 Å². The van der Waals surface area contributed by atoms with Gasteiger partial charge in [0, 0.05) is 33.8 Å². The minimum atomic E-state index is 0.728. The molecular weight excluding hydrogens is 324 g/mol. The summed E-state index contributed by atoms with van der Waals surface area (Å²) in [6.07, 6.45) is 3.51. The molecule has 0 radical (unpaired) electrons. The molecule has 1 heterocycles. The second kappa shape index (κ2) is 11.2. The summed E-state index contributed by atoms with van der Waals surface area (Å²) < 4.78 is 5.17. The van der Waals surface area contributed by atoms with Crippen molar-refractivity contribution >= 4 is 5.96 Å². The SMILES string of the molecule is CN=C(NCCc1cc(C)cc(C)c1)NCC1CCN(CCOC)CC1. The molecule has 0 aromatic heterocycles. The van der Waals surface area contributed by atoms with Crippen molar-refractivity contribution in [3.63, 3.8) is 0 Å². The topological polar surface area (TPSA) is 48.9 Å². The zero-order valence-corrected chi connectivity index (χ0v) is 17.0. The summed E-state index contributed by atoms with van der Waals surface area (Å²) in [6, 6.07) is 6.75. The molecule has 1 saturated heterocycles. The molecule has 1 aliphatic rings. The predicted molar refractivity (Wildman–Crippen MR) is 110 cm³/mol. The molecule has 1 aromatic rings. The smallest absolute Gasteiger partial charge is 0.190 e. The first-order valence-electron chi connectivity index (χ1n) is 9.83.